The fraction of sp³-hybridized carbons (Fsp3) is 0.875. The van der Waals surface area contributed by atoms with Crippen molar-refractivity contribution in [2.24, 2.45) is 10.9 Å². The summed E-state index contributed by atoms with van der Waals surface area (Å²) < 4.78 is 4.80. The van der Waals surface area contributed by atoms with Gasteiger partial charge in [-0.05, 0) is 12.8 Å². The normalized spacial score (nSPS) is 8.67. The maximum Gasteiger partial charge on any atom is 0.305 e. The molecule has 94 valence electrons. The molecule has 0 aliphatic carbocycles. The Morgan fingerprint density at radius 2 is 1.87 bits per heavy atom. The van der Waals surface area contributed by atoms with E-state index in [0.717, 1.165) is 25.0 Å². The maximum absolute atomic E-state index is 10.9. The first kappa shape index (κ1) is 20.7. The van der Waals surface area contributed by atoms with Crippen molar-refractivity contribution in [1.82, 2.24) is 0 Å². The van der Waals surface area contributed by atoms with Gasteiger partial charge in [0.15, 0.2) is 0 Å². The molecule has 0 saturated carbocycles. The lowest BCUT2D eigenvalue weighted by Gasteiger charge is -2.02. The highest BCUT2D eigenvalue weighted by Crippen LogP contribution is 2.03. The Morgan fingerprint density at radius 3 is 2.40 bits per heavy atom. The van der Waals surface area contributed by atoms with Crippen molar-refractivity contribution in [3.05, 3.63) is 0 Å². The van der Waals surface area contributed by atoms with Crippen LogP contribution in [0, 0.1) is 0 Å². The van der Waals surface area contributed by atoms with E-state index in [2.05, 4.69) is 0 Å². The van der Waals surface area contributed by atoms with E-state index in [1.165, 1.54) is 11.9 Å². The van der Waals surface area contributed by atoms with Gasteiger partial charge in [-0.2, -0.15) is 0 Å². The van der Waals surface area contributed by atoms with Crippen LogP contribution in [0.2, 0.25) is 0 Å². The van der Waals surface area contributed by atoms with E-state index < -0.39 is 0 Å². The zero-order valence-corrected chi connectivity index (χ0v) is 11.1. The first-order chi connectivity index (χ1) is 6.31. The number of hydrogen-bond acceptors (Lipinski definition) is 5. The van der Waals surface area contributed by atoms with Crippen molar-refractivity contribution < 1.29 is 9.53 Å². The molecule has 0 fully saturated rings. The third kappa shape index (κ3) is 17.0. The van der Waals surface area contributed by atoms with Gasteiger partial charge < -0.3 is 10.5 Å². The van der Waals surface area contributed by atoms with E-state index in [1.807, 2.05) is 0 Å². The number of esters is 1. The Labute approximate surface area is 108 Å². The molecule has 0 amide bonds. The van der Waals surface area contributed by atoms with Gasteiger partial charge in [0.2, 0.25) is 0 Å². The summed E-state index contributed by atoms with van der Waals surface area (Å²) in [5.74, 6) is 0.809. The van der Waals surface area contributed by atoms with Gasteiger partial charge in [-0.15, -0.1) is 24.8 Å². The second-order valence-electron chi connectivity index (χ2n) is 2.69. The Balaban J connectivity index is -0.000000720. The van der Waals surface area contributed by atoms with E-state index in [1.54, 1.807) is 0 Å². The van der Waals surface area contributed by atoms with Crippen LogP contribution >= 0.6 is 36.8 Å². The molecule has 0 bridgehead atoms. The lowest BCUT2D eigenvalue weighted by Crippen LogP contribution is -2.13. The van der Waals surface area contributed by atoms with Crippen molar-refractivity contribution in [3.63, 3.8) is 0 Å². The van der Waals surface area contributed by atoms with Crippen LogP contribution in [0.1, 0.15) is 25.7 Å². The van der Waals surface area contributed by atoms with Gasteiger partial charge in [-0.25, -0.2) is 0 Å². The van der Waals surface area contributed by atoms with Crippen molar-refractivity contribution in [2.75, 3.05) is 18.9 Å². The molecule has 4 N–H and O–H groups in total. The van der Waals surface area contributed by atoms with Gasteiger partial charge >= 0.3 is 5.97 Å². The summed E-state index contributed by atoms with van der Waals surface area (Å²) in [6.07, 6.45) is 3.46. The molecular weight excluding hydrogens is 259 g/mol. The molecule has 0 atom stereocenters. The molecule has 0 heterocycles. The van der Waals surface area contributed by atoms with Crippen molar-refractivity contribution in [2.45, 2.75) is 25.7 Å². The first-order valence-electron chi connectivity index (χ1n) is 4.48. The van der Waals surface area contributed by atoms with Crippen LogP contribution in [-0.4, -0.2) is 24.9 Å². The van der Waals surface area contributed by atoms with E-state index in [0.29, 0.717) is 19.6 Å². The number of carbonyl (C=O) groups excluding carboxylic acids is 1. The number of ether oxygens (including phenoxy) is 1. The molecule has 0 unspecified atom stereocenters. The molecule has 4 nitrogen and oxygen atoms in total. The quantitative estimate of drug-likeness (QED) is 0.400. The third-order valence-corrected chi connectivity index (χ3v) is 2.05. The van der Waals surface area contributed by atoms with Gasteiger partial charge in [0.1, 0.15) is 6.61 Å². The number of hydrogen-bond donors (Lipinski definition) is 2. The largest absolute Gasteiger partial charge is 0.464 e. The molecular formula is C8H20Cl2N2O2S. The van der Waals surface area contributed by atoms with Crippen LogP contribution in [0.4, 0.5) is 0 Å². The SMILES string of the molecule is Cl.Cl.NCCOC(=O)CCCCCSN. The summed E-state index contributed by atoms with van der Waals surface area (Å²) in [5, 5.41) is 5.25. The minimum Gasteiger partial charge on any atom is -0.464 e. The summed E-state index contributed by atoms with van der Waals surface area (Å²) >= 11 is 1.34. The number of rotatable bonds is 8. The Morgan fingerprint density at radius 1 is 1.20 bits per heavy atom. The predicted molar refractivity (Wildman–Crippen MR) is 69.6 cm³/mol. The molecule has 0 aromatic heterocycles. The molecule has 0 saturated heterocycles. The zero-order chi connectivity index (χ0) is 9.94. The van der Waals surface area contributed by atoms with Gasteiger partial charge in [0, 0.05) is 18.7 Å². The Bertz CT molecular complexity index is 142. The molecule has 0 spiro atoms. The smallest absolute Gasteiger partial charge is 0.305 e. The lowest BCUT2D eigenvalue weighted by atomic mass is 10.2. The average Bonchev–Trinajstić information content (AvgIpc) is 2.14. The van der Waals surface area contributed by atoms with Crippen LogP contribution in [0.25, 0.3) is 0 Å². The van der Waals surface area contributed by atoms with Crippen LogP contribution in [-0.2, 0) is 9.53 Å². The fourth-order valence-corrected chi connectivity index (χ4v) is 1.25. The average molecular weight is 279 g/mol. The van der Waals surface area contributed by atoms with Crippen molar-refractivity contribution in [3.8, 4) is 0 Å². The second kappa shape index (κ2) is 16.7. The van der Waals surface area contributed by atoms with Crippen LogP contribution < -0.4 is 10.9 Å². The molecule has 0 aliphatic heterocycles. The standard InChI is InChI=1S/C8H18N2O2S.2ClH/c9-5-6-12-8(11)4-2-1-3-7-13-10;;/h1-7,9-10H2;2*1H. The monoisotopic (exact) mass is 278 g/mol. The van der Waals surface area contributed by atoms with Gasteiger partial charge in [0.05, 0.1) is 0 Å². The summed E-state index contributed by atoms with van der Waals surface area (Å²) in [6, 6.07) is 0. The minimum atomic E-state index is -0.147. The van der Waals surface area contributed by atoms with Gasteiger partial charge in [-0.1, -0.05) is 18.4 Å². The van der Waals surface area contributed by atoms with Crippen molar-refractivity contribution in [1.29, 1.82) is 0 Å². The number of unbranched alkanes of at least 4 members (excludes halogenated alkanes) is 2. The van der Waals surface area contributed by atoms with Crippen molar-refractivity contribution >= 4 is 42.7 Å². The van der Waals surface area contributed by atoms with E-state index >= 15 is 0 Å². The maximum atomic E-state index is 10.9. The molecule has 0 aliphatic rings. The molecule has 0 aromatic rings. The summed E-state index contributed by atoms with van der Waals surface area (Å²) in [7, 11) is 0. The summed E-state index contributed by atoms with van der Waals surface area (Å²) in [4.78, 5) is 10.9. The number of nitrogens with two attached hydrogens (primary N) is 2. The van der Waals surface area contributed by atoms with E-state index in [9.17, 15) is 4.79 Å². The number of carbonyl (C=O) groups is 1. The van der Waals surface area contributed by atoms with Gasteiger partial charge in [0.25, 0.3) is 0 Å². The lowest BCUT2D eigenvalue weighted by molar-refractivity contribution is -0.143. The van der Waals surface area contributed by atoms with E-state index in [-0.39, 0.29) is 30.8 Å². The highest BCUT2D eigenvalue weighted by molar-refractivity contribution is 7.97. The van der Waals surface area contributed by atoms with Crippen LogP contribution in [0.15, 0.2) is 0 Å². The van der Waals surface area contributed by atoms with Crippen LogP contribution in [0.3, 0.4) is 0 Å². The highest BCUT2D eigenvalue weighted by atomic mass is 35.5. The van der Waals surface area contributed by atoms with Crippen LogP contribution in [0.5, 0.6) is 0 Å². The minimum absolute atomic E-state index is 0. The fourth-order valence-electron chi connectivity index (χ4n) is 0.876. The Hall–Kier alpha value is 0.320. The predicted octanol–water partition coefficient (Wildman–Crippen LogP) is 1.50. The molecule has 7 heteroatoms. The molecule has 0 aromatic carbocycles. The van der Waals surface area contributed by atoms with Gasteiger partial charge in [-0.3, -0.25) is 9.93 Å². The summed E-state index contributed by atoms with van der Waals surface area (Å²) in [5.41, 5.74) is 5.18. The summed E-state index contributed by atoms with van der Waals surface area (Å²) in [6.45, 7) is 0.729. The Kier molecular flexibility index (Phi) is 23.1. The first-order valence-corrected chi connectivity index (χ1v) is 5.53. The second-order valence-corrected chi connectivity index (χ2v) is 3.43. The molecule has 0 rings (SSSR count). The highest BCUT2D eigenvalue weighted by Gasteiger charge is 2.00. The zero-order valence-electron chi connectivity index (χ0n) is 8.65. The molecule has 0 radical (unpaired) electrons. The third-order valence-electron chi connectivity index (χ3n) is 1.52. The topological polar surface area (TPSA) is 78.3 Å². The van der Waals surface area contributed by atoms with E-state index in [4.69, 9.17) is 15.6 Å². The number of halogens is 2. The molecule has 15 heavy (non-hydrogen) atoms.